The van der Waals surface area contributed by atoms with E-state index in [9.17, 15) is 4.79 Å². The van der Waals surface area contributed by atoms with Gasteiger partial charge < -0.3 is 14.2 Å². The van der Waals surface area contributed by atoms with Crippen LogP contribution in [0, 0.1) is 6.92 Å². The Hall–Kier alpha value is -3.29. The summed E-state index contributed by atoms with van der Waals surface area (Å²) >= 11 is 6.76. The highest BCUT2D eigenvalue weighted by molar-refractivity contribution is 8.27. The summed E-state index contributed by atoms with van der Waals surface area (Å²) in [7, 11) is 1.63. The molecule has 1 aliphatic heterocycles. The molecule has 0 saturated carbocycles. The lowest BCUT2D eigenvalue weighted by Crippen LogP contribution is -2.27. The predicted octanol–water partition coefficient (Wildman–Crippen LogP) is 5.87. The van der Waals surface area contributed by atoms with E-state index in [1.807, 2.05) is 85.8 Å². The van der Waals surface area contributed by atoms with E-state index >= 15 is 0 Å². The molecule has 1 aliphatic rings. The van der Waals surface area contributed by atoms with Gasteiger partial charge in [0.25, 0.3) is 5.91 Å². The first-order valence-corrected chi connectivity index (χ1v) is 11.6. The van der Waals surface area contributed by atoms with Crippen LogP contribution in [0.2, 0.25) is 0 Å². The Morgan fingerprint density at radius 3 is 2.27 bits per heavy atom. The summed E-state index contributed by atoms with van der Waals surface area (Å²) in [4.78, 5) is 15.1. The number of carbonyl (C=O) groups is 1. The van der Waals surface area contributed by atoms with Gasteiger partial charge in [-0.1, -0.05) is 53.8 Å². The number of methoxy groups -OCH3 is 1. The van der Waals surface area contributed by atoms with Crippen molar-refractivity contribution in [3.8, 4) is 17.2 Å². The molecule has 1 saturated heterocycles. The number of benzene rings is 3. The van der Waals surface area contributed by atoms with Crippen LogP contribution in [-0.4, -0.2) is 30.6 Å². The molecule has 1 heterocycles. The molecule has 0 radical (unpaired) electrons. The first-order valence-electron chi connectivity index (χ1n) is 10.4. The molecule has 1 amide bonds. The van der Waals surface area contributed by atoms with E-state index < -0.39 is 0 Å². The minimum absolute atomic E-state index is 0.118. The number of aryl methyl sites for hydroxylation is 1. The fourth-order valence-electron chi connectivity index (χ4n) is 3.22. The SMILES string of the molecule is COc1ccc(OCCOc2cccc(C=C3SC(=S)N(c4ccc(C)cc4)C3=O)c2)cc1. The Kier molecular flexibility index (Phi) is 7.32. The monoisotopic (exact) mass is 477 g/mol. The molecule has 33 heavy (non-hydrogen) atoms. The number of amides is 1. The number of nitrogens with zero attached hydrogens (tertiary/aromatic N) is 1. The van der Waals surface area contributed by atoms with Gasteiger partial charge in [0.1, 0.15) is 30.5 Å². The zero-order valence-corrected chi connectivity index (χ0v) is 19.9. The number of hydrogen-bond donors (Lipinski definition) is 0. The molecule has 7 heteroatoms. The summed E-state index contributed by atoms with van der Waals surface area (Å²) in [6, 6.07) is 22.8. The lowest BCUT2D eigenvalue weighted by atomic mass is 10.2. The Balaban J connectivity index is 1.36. The second-order valence-electron chi connectivity index (χ2n) is 7.30. The highest BCUT2D eigenvalue weighted by atomic mass is 32.2. The standard InChI is InChI=1S/C26H23NO4S2/c1-18-6-8-20(9-7-18)27-25(28)24(33-26(27)32)17-19-4-3-5-23(16-19)31-15-14-30-22-12-10-21(29-2)11-13-22/h3-13,16-17H,14-15H2,1-2H3. The van der Waals surface area contributed by atoms with Crippen LogP contribution in [0.25, 0.3) is 6.08 Å². The first-order chi connectivity index (χ1) is 16.0. The van der Waals surface area contributed by atoms with Crippen LogP contribution >= 0.6 is 24.0 Å². The molecule has 0 aliphatic carbocycles. The zero-order chi connectivity index (χ0) is 23.2. The molecule has 5 nitrogen and oxygen atoms in total. The van der Waals surface area contributed by atoms with Gasteiger partial charge in [-0.05, 0) is 67.1 Å². The van der Waals surface area contributed by atoms with Crippen LogP contribution in [0.5, 0.6) is 17.2 Å². The molecular formula is C26H23NO4S2. The Labute approximate surface area is 203 Å². The van der Waals surface area contributed by atoms with E-state index in [1.165, 1.54) is 11.8 Å². The lowest BCUT2D eigenvalue weighted by molar-refractivity contribution is -0.113. The maximum absolute atomic E-state index is 13.0. The van der Waals surface area contributed by atoms with Crippen LogP contribution in [0.4, 0.5) is 5.69 Å². The molecule has 0 aromatic heterocycles. The number of thioether (sulfide) groups is 1. The zero-order valence-electron chi connectivity index (χ0n) is 18.3. The average molecular weight is 478 g/mol. The van der Waals surface area contributed by atoms with Crippen LogP contribution < -0.4 is 19.1 Å². The van der Waals surface area contributed by atoms with Crippen LogP contribution in [0.1, 0.15) is 11.1 Å². The van der Waals surface area contributed by atoms with E-state index in [-0.39, 0.29) is 5.91 Å². The van der Waals surface area contributed by atoms with Gasteiger partial charge in [0.15, 0.2) is 4.32 Å². The topological polar surface area (TPSA) is 48.0 Å². The van der Waals surface area contributed by atoms with Crippen molar-refractivity contribution in [2.75, 3.05) is 25.2 Å². The van der Waals surface area contributed by atoms with Gasteiger partial charge in [-0.15, -0.1) is 0 Å². The van der Waals surface area contributed by atoms with Crippen molar-refractivity contribution in [3.63, 3.8) is 0 Å². The summed E-state index contributed by atoms with van der Waals surface area (Å²) in [5.74, 6) is 2.12. The van der Waals surface area contributed by atoms with Crippen molar-refractivity contribution < 1.29 is 19.0 Å². The summed E-state index contributed by atoms with van der Waals surface area (Å²) < 4.78 is 17.2. The Bertz CT molecular complexity index is 1170. The van der Waals surface area contributed by atoms with Crippen molar-refractivity contribution in [1.29, 1.82) is 0 Å². The fraction of sp³-hybridized carbons (Fsp3) is 0.154. The predicted molar refractivity (Wildman–Crippen MR) is 137 cm³/mol. The van der Waals surface area contributed by atoms with Crippen molar-refractivity contribution in [2.24, 2.45) is 0 Å². The van der Waals surface area contributed by atoms with Gasteiger partial charge >= 0.3 is 0 Å². The minimum Gasteiger partial charge on any atom is -0.497 e. The molecule has 0 bridgehead atoms. The Morgan fingerprint density at radius 2 is 1.58 bits per heavy atom. The highest BCUT2D eigenvalue weighted by Gasteiger charge is 2.33. The van der Waals surface area contributed by atoms with Crippen LogP contribution in [0.15, 0.2) is 77.7 Å². The minimum atomic E-state index is -0.118. The maximum Gasteiger partial charge on any atom is 0.270 e. The van der Waals surface area contributed by atoms with Gasteiger partial charge in [-0.25, -0.2) is 0 Å². The second-order valence-corrected chi connectivity index (χ2v) is 8.97. The number of carbonyl (C=O) groups excluding carboxylic acids is 1. The van der Waals surface area contributed by atoms with Crippen molar-refractivity contribution in [2.45, 2.75) is 6.92 Å². The molecule has 168 valence electrons. The summed E-state index contributed by atoms with van der Waals surface area (Å²) in [5.41, 5.74) is 2.78. The molecule has 0 spiro atoms. The van der Waals surface area contributed by atoms with E-state index in [2.05, 4.69) is 0 Å². The third-order valence-corrected chi connectivity index (χ3v) is 6.22. The quantitative estimate of drug-likeness (QED) is 0.230. The molecule has 0 N–H and O–H groups in total. The number of hydrogen-bond acceptors (Lipinski definition) is 6. The number of thiocarbonyl (C=S) groups is 1. The van der Waals surface area contributed by atoms with Crippen molar-refractivity contribution >= 4 is 46.0 Å². The summed E-state index contributed by atoms with van der Waals surface area (Å²) in [5, 5.41) is 0. The third kappa shape index (κ3) is 5.74. The fourth-order valence-corrected chi connectivity index (χ4v) is 4.52. The van der Waals surface area contributed by atoms with E-state index in [1.54, 1.807) is 12.0 Å². The smallest absolute Gasteiger partial charge is 0.270 e. The van der Waals surface area contributed by atoms with Crippen molar-refractivity contribution in [1.82, 2.24) is 0 Å². The third-order valence-electron chi connectivity index (χ3n) is 4.92. The highest BCUT2D eigenvalue weighted by Crippen LogP contribution is 2.36. The molecule has 0 atom stereocenters. The second kappa shape index (κ2) is 10.6. The molecule has 4 rings (SSSR count). The lowest BCUT2D eigenvalue weighted by Gasteiger charge is -2.14. The maximum atomic E-state index is 13.0. The Morgan fingerprint density at radius 1 is 0.909 bits per heavy atom. The molecule has 3 aromatic rings. The van der Waals surface area contributed by atoms with Gasteiger partial charge in [0.2, 0.25) is 0 Å². The van der Waals surface area contributed by atoms with E-state index in [4.69, 9.17) is 26.4 Å². The molecule has 3 aromatic carbocycles. The van der Waals surface area contributed by atoms with Crippen molar-refractivity contribution in [3.05, 3.63) is 88.8 Å². The van der Waals surface area contributed by atoms with Gasteiger partial charge in [0.05, 0.1) is 17.7 Å². The van der Waals surface area contributed by atoms with Gasteiger partial charge in [0, 0.05) is 0 Å². The van der Waals surface area contributed by atoms with Gasteiger partial charge in [-0.3, -0.25) is 9.69 Å². The number of rotatable bonds is 8. The summed E-state index contributed by atoms with van der Waals surface area (Å²) in [6.45, 7) is 2.81. The molecule has 1 fully saturated rings. The normalized spacial score (nSPS) is 14.6. The van der Waals surface area contributed by atoms with Crippen LogP contribution in [0.3, 0.4) is 0 Å². The molecule has 0 unspecified atom stereocenters. The first kappa shape index (κ1) is 22.9. The van der Waals surface area contributed by atoms with E-state index in [0.717, 1.165) is 28.3 Å². The average Bonchev–Trinajstić information content (AvgIpc) is 3.10. The van der Waals surface area contributed by atoms with Crippen LogP contribution in [-0.2, 0) is 4.79 Å². The molecular weight excluding hydrogens is 454 g/mol. The number of anilines is 1. The number of ether oxygens (including phenoxy) is 3. The van der Waals surface area contributed by atoms with E-state index in [0.29, 0.717) is 28.2 Å². The summed E-state index contributed by atoms with van der Waals surface area (Å²) in [6.07, 6.45) is 1.84. The largest absolute Gasteiger partial charge is 0.497 e. The van der Waals surface area contributed by atoms with Gasteiger partial charge in [-0.2, -0.15) is 0 Å².